The first-order chi connectivity index (χ1) is 26.5. The minimum atomic E-state index is -0.184. The SMILES string of the molecule is CCCC1CCC(c2ccc(C#Cc3ccc(CC)cc3)c(F)c2)CC1.CCCCc1ccc(C#Cc2ccc(CC3CCC(CCC)CC3)cc2)cc1. The zero-order valence-corrected chi connectivity index (χ0v) is 33.9. The van der Waals surface area contributed by atoms with Gasteiger partial charge in [0.1, 0.15) is 5.82 Å². The molecule has 0 spiro atoms. The van der Waals surface area contributed by atoms with E-state index in [1.165, 1.54) is 119 Å². The molecule has 0 saturated heterocycles. The molecule has 284 valence electrons. The summed E-state index contributed by atoms with van der Waals surface area (Å²) in [4.78, 5) is 0. The second-order valence-corrected chi connectivity index (χ2v) is 16.2. The molecule has 0 aliphatic heterocycles. The zero-order valence-electron chi connectivity index (χ0n) is 33.9. The van der Waals surface area contributed by atoms with Crippen LogP contribution in [0.4, 0.5) is 4.39 Å². The number of rotatable bonds is 11. The van der Waals surface area contributed by atoms with Crippen LogP contribution in [0, 0.1) is 47.3 Å². The Kier molecular flexibility index (Phi) is 17.0. The van der Waals surface area contributed by atoms with Crippen LogP contribution in [0.15, 0.2) is 91.0 Å². The van der Waals surface area contributed by atoms with Crippen LogP contribution in [-0.2, 0) is 19.3 Å². The van der Waals surface area contributed by atoms with Gasteiger partial charge in [-0.05, 0) is 159 Å². The van der Waals surface area contributed by atoms with Gasteiger partial charge in [-0.15, -0.1) is 0 Å². The van der Waals surface area contributed by atoms with E-state index in [1.807, 2.05) is 18.2 Å². The van der Waals surface area contributed by atoms with E-state index >= 15 is 0 Å². The highest BCUT2D eigenvalue weighted by Gasteiger charge is 2.23. The number of hydrogen-bond donors (Lipinski definition) is 0. The number of aryl methyl sites for hydroxylation is 2. The van der Waals surface area contributed by atoms with Gasteiger partial charge in [-0.25, -0.2) is 4.39 Å². The maximum absolute atomic E-state index is 14.5. The van der Waals surface area contributed by atoms with Crippen molar-refractivity contribution < 1.29 is 4.39 Å². The van der Waals surface area contributed by atoms with E-state index in [2.05, 4.69) is 118 Å². The molecule has 6 rings (SSSR count). The lowest BCUT2D eigenvalue weighted by Gasteiger charge is -2.28. The third kappa shape index (κ3) is 13.3. The van der Waals surface area contributed by atoms with Gasteiger partial charge in [0.05, 0.1) is 5.56 Å². The summed E-state index contributed by atoms with van der Waals surface area (Å²) in [6.07, 6.45) is 22.0. The highest BCUT2D eigenvalue weighted by Crippen LogP contribution is 2.38. The fourth-order valence-electron chi connectivity index (χ4n) is 8.51. The molecule has 0 N–H and O–H groups in total. The van der Waals surface area contributed by atoms with Crippen molar-refractivity contribution in [3.05, 3.63) is 141 Å². The Morgan fingerprint density at radius 3 is 1.48 bits per heavy atom. The molecule has 54 heavy (non-hydrogen) atoms. The molecule has 2 aliphatic carbocycles. The maximum atomic E-state index is 14.5. The van der Waals surface area contributed by atoms with Crippen molar-refractivity contribution >= 4 is 0 Å². The van der Waals surface area contributed by atoms with Gasteiger partial charge in [-0.1, -0.05) is 139 Å². The summed E-state index contributed by atoms with van der Waals surface area (Å²) in [5, 5.41) is 0. The lowest BCUT2D eigenvalue weighted by molar-refractivity contribution is 0.261. The number of halogens is 1. The molecule has 0 bridgehead atoms. The van der Waals surface area contributed by atoms with E-state index in [4.69, 9.17) is 0 Å². The molecule has 2 fully saturated rings. The van der Waals surface area contributed by atoms with E-state index in [0.29, 0.717) is 11.5 Å². The fraction of sp³-hybridized carbons (Fsp3) is 0.472. The summed E-state index contributed by atoms with van der Waals surface area (Å²) in [7, 11) is 0. The molecule has 4 aromatic carbocycles. The minimum Gasteiger partial charge on any atom is -0.206 e. The van der Waals surface area contributed by atoms with Crippen LogP contribution in [0.1, 0.15) is 168 Å². The van der Waals surface area contributed by atoms with Gasteiger partial charge in [-0.2, -0.15) is 0 Å². The van der Waals surface area contributed by atoms with E-state index in [0.717, 1.165) is 46.4 Å². The van der Waals surface area contributed by atoms with Crippen molar-refractivity contribution in [2.45, 2.75) is 143 Å². The minimum absolute atomic E-state index is 0.184. The summed E-state index contributed by atoms with van der Waals surface area (Å²) in [6, 6.07) is 31.5. The largest absolute Gasteiger partial charge is 0.206 e. The van der Waals surface area contributed by atoms with Gasteiger partial charge in [0.15, 0.2) is 0 Å². The van der Waals surface area contributed by atoms with Crippen molar-refractivity contribution in [3.63, 3.8) is 0 Å². The Labute approximate surface area is 328 Å². The number of hydrogen-bond acceptors (Lipinski definition) is 0. The molecule has 0 nitrogen and oxygen atoms in total. The van der Waals surface area contributed by atoms with Crippen LogP contribution >= 0.6 is 0 Å². The highest BCUT2D eigenvalue weighted by atomic mass is 19.1. The highest BCUT2D eigenvalue weighted by molar-refractivity contribution is 5.46. The molecule has 0 heterocycles. The second kappa shape index (κ2) is 22.3. The summed E-state index contributed by atoms with van der Waals surface area (Å²) < 4.78 is 14.5. The lowest BCUT2D eigenvalue weighted by Crippen LogP contribution is -2.16. The molecular weight excluding hydrogens is 656 g/mol. The molecule has 0 radical (unpaired) electrons. The van der Waals surface area contributed by atoms with Gasteiger partial charge >= 0.3 is 0 Å². The van der Waals surface area contributed by atoms with E-state index < -0.39 is 0 Å². The van der Waals surface area contributed by atoms with Gasteiger partial charge in [0, 0.05) is 16.7 Å². The molecule has 0 amide bonds. The molecule has 0 unspecified atom stereocenters. The molecule has 2 aliphatic rings. The van der Waals surface area contributed by atoms with Gasteiger partial charge in [-0.3, -0.25) is 0 Å². The van der Waals surface area contributed by atoms with Crippen molar-refractivity contribution in [2.24, 2.45) is 17.8 Å². The smallest absolute Gasteiger partial charge is 0.139 e. The Morgan fingerprint density at radius 2 is 0.981 bits per heavy atom. The average Bonchev–Trinajstić information content (AvgIpc) is 3.21. The van der Waals surface area contributed by atoms with Gasteiger partial charge < -0.3 is 0 Å². The van der Waals surface area contributed by atoms with Crippen molar-refractivity contribution in [3.8, 4) is 23.7 Å². The maximum Gasteiger partial charge on any atom is 0.139 e. The van der Waals surface area contributed by atoms with Crippen LogP contribution in [0.25, 0.3) is 0 Å². The first-order valence-electron chi connectivity index (χ1n) is 21.6. The summed E-state index contributed by atoms with van der Waals surface area (Å²) in [6.45, 7) is 8.95. The fourth-order valence-corrected chi connectivity index (χ4v) is 8.51. The standard InChI is InChI=1S/C28H36.C25H29F/c1-3-5-7-24-8-10-25(11-9-24)12-13-26-16-20-28(21-17-26)22-27-18-14-23(6-4-2)15-19-27;1-3-5-20-10-13-22(14-11-20)24-17-16-23(25(26)18-24)15-12-21-8-6-19(4-2)7-9-21/h8-11,16-17,20-21,23,27H,3-7,14-15,18-19,22H2,1-2H3;6-9,16-18,20,22H,3-5,10-11,13-14H2,1-2H3. The lowest BCUT2D eigenvalue weighted by atomic mass is 9.77. The van der Waals surface area contributed by atoms with Crippen molar-refractivity contribution in [1.82, 2.24) is 0 Å². The van der Waals surface area contributed by atoms with E-state index in [9.17, 15) is 4.39 Å². The molecule has 0 atom stereocenters. The third-order valence-electron chi connectivity index (χ3n) is 12.0. The first kappa shape index (κ1) is 41.1. The Balaban J connectivity index is 0.000000208. The quantitative estimate of drug-likeness (QED) is 0.135. The van der Waals surface area contributed by atoms with Gasteiger partial charge in [0.25, 0.3) is 0 Å². The second-order valence-electron chi connectivity index (χ2n) is 16.2. The summed E-state index contributed by atoms with van der Waals surface area (Å²) in [5.74, 6) is 15.8. The van der Waals surface area contributed by atoms with Gasteiger partial charge in [0.2, 0.25) is 0 Å². The van der Waals surface area contributed by atoms with Crippen LogP contribution in [0.2, 0.25) is 0 Å². The molecule has 2 saturated carbocycles. The van der Waals surface area contributed by atoms with Crippen LogP contribution in [-0.4, -0.2) is 0 Å². The molecule has 1 heteroatoms. The monoisotopic (exact) mass is 721 g/mol. The van der Waals surface area contributed by atoms with E-state index in [1.54, 1.807) is 6.07 Å². The predicted molar refractivity (Wildman–Crippen MR) is 229 cm³/mol. The average molecular weight is 721 g/mol. The van der Waals surface area contributed by atoms with Crippen LogP contribution < -0.4 is 0 Å². The number of benzene rings is 4. The molecular formula is C53H65F. The first-order valence-corrected chi connectivity index (χ1v) is 21.6. The van der Waals surface area contributed by atoms with Crippen LogP contribution in [0.5, 0.6) is 0 Å². The zero-order chi connectivity index (χ0) is 38.0. The normalized spacial score (nSPS) is 19.4. The molecule has 4 aromatic rings. The summed E-state index contributed by atoms with van der Waals surface area (Å²) >= 11 is 0. The predicted octanol–water partition coefficient (Wildman–Crippen LogP) is 14.4. The third-order valence-corrected chi connectivity index (χ3v) is 12.0. The van der Waals surface area contributed by atoms with Crippen molar-refractivity contribution in [1.29, 1.82) is 0 Å². The Morgan fingerprint density at radius 1 is 0.500 bits per heavy atom. The number of unbranched alkanes of at least 4 members (excludes halogenated alkanes) is 1. The summed E-state index contributed by atoms with van der Waals surface area (Å²) in [5.41, 5.74) is 8.98. The van der Waals surface area contributed by atoms with E-state index in [-0.39, 0.29) is 5.82 Å². The Hall–Kier alpha value is -4.07. The Bertz CT molecular complexity index is 1790. The van der Waals surface area contributed by atoms with Crippen molar-refractivity contribution in [2.75, 3.05) is 0 Å². The topological polar surface area (TPSA) is 0 Å². The molecule has 0 aromatic heterocycles. The van der Waals surface area contributed by atoms with Crippen LogP contribution in [0.3, 0.4) is 0 Å².